The quantitative estimate of drug-likeness (QED) is 0.802. The highest BCUT2D eigenvalue weighted by molar-refractivity contribution is 5.94. The molecule has 2 bridgehead atoms. The molecular formula is C21H29N5O2. The molecule has 6 rings (SSSR count). The number of amides is 2. The maximum Gasteiger partial charge on any atom is 0.255 e. The Morgan fingerprint density at radius 3 is 2.79 bits per heavy atom. The van der Waals surface area contributed by atoms with E-state index >= 15 is 0 Å². The van der Waals surface area contributed by atoms with Crippen molar-refractivity contribution in [1.29, 1.82) is 0 Å². The molecule has 1 aliphatic carbocycles. The van der Waals surface area contributed by atoms with Gasteiger partial charge in [-0.1, -0.05) is 12.8 Å². The highest BCUT2D eigenvalue weighted by atomic mass is 16.2. The first-order valence-electron chi connectivity index (χ1n) is 10.7. The minimum absolute atomic E-state index is 0.0345. The van der Waals surface area contributed by atoms with Gasteiger partial charge in [0, 0.05) is 50.0 Å². The molecule has 7 nitrogen and oxygen atoms in total. The molecule has 1 aromatic heterocycles. The van der Waals surface area contributed by atoms with Gasteiger partial charge in [-0.25, -0.2) is 5.43 Å². The average Bonchev–Trinajstić information content (AvgIpc) is 2.95. The highest BCUT2D eigenvalue weighted by Gasteiger charge is 2.46. The van der Waals surface area contributed by atoms with E-state index in [9.17, 15) is 9.59 Å². The van der Waals surface area contributed by atoms with Crippen LogP contribution in [0.2, 0.25) is 0 Å². The van der Waals surface area contributed by atoms with Gasteiger partial charge in [0.15, 0.2) is 0 Å². The Balaban J connectivity index is 1.31. The molecular weight excluding hydrogens is 354 g/mol. The maximum absolute atomic E-state index is 13.5. The van der Waals surface area contributed by atoms with Crippen molar-refractivity contribution in [2.24, 2.45) is 11.8 Å². The number of rotatable bonds is 2. The van der Waals surface area contributed by atoms with Crippen LogP contribution >= 0.6 is 0 Å². The standard InChI is InChI=1S/C21H29N5O2/c27-20(15-4-3-9-22-10-15)25-11-14-7-8-16(13-25)26(12-14)21(28)19-17-5-1-2-6-18(17)23-24-19/h3-4,9-10,14,16-19,23-24H,1-2,5-8,11-13H2/t14-,16+,17?,18?,19?/m0/s1. The molecule has 2 amide bonds. The van der Waals surface area contributed by atoms with Crippen LogP contribution in [0.1, 0.15) is 48.9 Å². The third kappa shape index (κ3) is 3.20. The van der Waals surface area contributed by atoms with E-state index in [1.807, 2.05) is 11.0 Å². The van der Waals surface area contributed by atoms with Crippen molar-refractivity contribution in [2.75, 3.05) is 19.6 Å². The van der Waals surface area contributed by atoms with E-state index in [2.05, 4.69) is 20.7 Å². The molecule has 4 aliphatic heterocycles. The number of hydrogen-bond acceptors (Lipinski definition) is 5. The summed E-state index contributed by atoms with van der Waals surface area (Å²) in [6.45, 7) is 2.14. The summed E-state index contributed by atoms with van der Waals surface area (Å²) >= 11 is 0. The van der Waals surface area contributed by atoms with Crippen molar-refractivity contribution in [3.8, 4) is 0 Å². The van der Waals surface area contributed by atoms with Crippen molar-refractivity contribution < 1.29 is 9.59 Å². The second-order valence-corrected chi connectivity index (χ2v) is 8.86. The van der Waals surface area contributed by atoms with Gasteiger partial charge in [-0.15, -0.1) is 0 Å². The Bertz CT molecular complexity index is 742. The number of hydrogen-bond donors (Lipinski definition) is 2. The van der Waals surface area contributed by atoms with Crippen molar-refractivity contribution in [1.82, 2.24) is 25.6 Å². The molecule has 3 unspecified atom stereocenters. The number of aromatic nitrogens is 1. The molecule has 1 saturated carbocycles. The predicted octanol–water partition coefficient (Wildman–Crippen LogP) is 1.18. The number of carbonyl (C=O) groups excluding carboxylic acids is 2. The third-order valence-electron chi connectivity index (χ3n) is 7.13. The van der Waals surface area contributed by atoms with Crippen LogP contribution in [-0.4, -0.2) is 64.4 Å². The van der Waals surface area contributed by atoms with Crippen molar-refractivity contribution in [2.45, 2.75) is 56.7 Å². The van der Waals surface area contributed by atoms with Crippen LogP contribution in [0.4, 0.5) is 0 Å². The summed E-state index contributed by atoms with van der Waals surface area (Å²) in [5, 5.41) is 0. The summed E-state index contributed by atoms with van der Waals surface area (Å²) in [6, 6.07) is 4.05. The van der Waals surface area contributed by atoms with E-state index in [0.29, 0.717) is 30.0 Å². The molecule has 5 heterocycles. The molecule has 1 aromatic rings. The molecule has 0 radical (unpaired) electrons. The van der Waals surface area contributed by atoms with E-state index in [1.54, 1.807) is 18.5 Å². The number of fused-ring (bicyclic) bond motifs is 5. The maximum atomic E-state index is 13.5. The number of pyridine rings is 1. The molecule has 2 N–H and O–H groups in total. The number of piperidine rings is 1. The molecule has 5 atom stereocenters. The average molecular weight is 383 g/mol. The zero-order valence-corrected chi connectivity index (χ0v) is 16.2. The van der Waals surface area contributed by atoms with Gasteiger partial charge in [0.2, 0.25) is 5.91 Å². The van der Waals surface area contributed by atoms with Crippen molar-refractivity contribution in [3.05, 3.63) is 30.1 Å². The fourth-order valence-electron chi connectivity index (χ4n) is 5.65. The van der Waals surface area contributed by atoms with Gasteiger partial charge in [-0.2, -0.15) is 0 Å². The van der Waals surface area contributed by atoms with Gasteiger partial charge in [0.1, 0.15) is 6.04 Å². The minimum atomic E-state index is -0.118. The summed E-state index contributed by atoms with van der Waals surface area (Å²) in [4.78, 5) is 34.5. The fourth-order valence-corrected chi connectivity index (χ4v) is 5.65. The van der Waals surface area contributed by atoms with Gasteiger partial charge in [0.05, 0.1) is 5.56 Å². The highest BCUT2D eigenvalue weighted by Crippen LogP contribution is 2.34. The Morgan fingerprint density at radius 1 is 1.04 bits per heavy atom. The zero-order chi connectivity index (χ0) is 19.1. The second-order valence-electron chi connectivity index (χ2n) is 8.86. The fraction of sp³-hybridized carbons (Fsp3) is 0.667. The Morgan fingerprint density at radius 2 is 1.93 bits per heavy atom. The normalized spacial score (nSPS) is 34.8. The first kappa shape index (κ1) is 18.1. The summed E-state index contributed by atoms with van der Waals surface area (Å²) < 4.78 is 0. The van der Waals surface area contributed by atoms with Gasteiger partial charge in [-0.05, 0) is 43.7 Å². The lowest BCUT2D eigenvalue weighted by Gasteiger charge is -2.38. The summed E-state index contributed by atoms with van der Waals surface area (Å²) in [5.74, 6) is 1.02. The Kier molecular flexibility index (Phi) is 4.80. The summed E-state index contributed by atoms with van der Waals surface area (Å²) in [5.41, 5.74) is 7.31. The first-order chi connectivity index (χ1) is 13.7. The monoisotopic (exact) mass is 383 g/mol. The molecule has 5 fully saturated rings. The van der Waals surface area contributed by atoms with Crippen molar-refractivity contribution in [3.63, 3.8) is 0 Å². The largest absolute Gasteiger partial charge is 0.336 e. The van der Waals surface area contributed by atoms with E-state index in [0.717, 1.165) is 38.8 Å². The summed E-state index contributed by atoms with van der Waals surface area (Å²) in [7, 11) is 0. The second kappa shape index (κ2) is 7.44. The van der Waals surface area contributed by atoms with E-state index in [-0.39, 0.29) is 23.9 Å². The third-order valence-corrected chi connectivity index (χ3v) is 7.13. The first-order valence-corrected chi connectivity index (χ1v) is 10.7. The SMILES string of the molecule is O=C(c1cccnc1)N1C[C@@H]2CC[C@H](C1)N(C(=O)C1NNC3CCCCC31)C2. The van der Waals surface area contributed by atoms with Gasteiger partial charge < -0.3 is 9.80 Å². The van der Waals surface area contributed by atoms with Crippen LogP contribution in [0.25, 0.3) is 0 Å². The lowest BCUT2D eigenvalue weighted by Crippen LogP contribution is -2.55. The number of nitrogens with one attached hydrogen (secondary N) is 2. The molecule has 150 valence electrons. The van der Waals surface area contributed by atoms with E-state index < -0.39 is 0 Å². The number of nitrogens with zero attached hydrogens (tertiary/aromatic N) is 3. The zero-order valence-electron chi connectivity index (χ0n) is 16.2. The van der Waals surface area contributed by atoms with Crippen LogP contribution < -0.4 is 10.9 Å². The molecule has 4 saturated heterocycles. The van der Waals surface area contributed by atoms with Gasteiger partial charge >= 0.3 is 0 Å². The van der Waals surface area contributed by atoms with Crippen molar-refractivity contribution >= 4 is 11.8 Å². The molecule has 5 aliphatic rings. The van der Waals surface area contributed by atoms with Crippen LogP contribution in [0, 0.1) is 11.8 Å². The topological polar surface area (TPSA) is 77.6 Å². The van der Waals surface area contributed by atoms with Gasteiger partial charge in [0.25, 0.3) is 5.91 Å². The number of hydrazine groups is 1. The van der Waals surface area contributed by atoms with Crippen LogP contribution in [0.15, 0.2) is 24.5 Å². The lowest BCUT2D eigenvalue weighted by molar-refractivity contribution is -0.138. The van der Waals surface area contributed by atoms with Crippen LogP contribution in [0.3, 0.4) is 0 Å². The van der Waals surface area contributed by atoms with Gasteiger partial charge in [-0.3, -0.25) is 20.0 Å². The van der Waals surface area contributed by atoms with E-state index in [4.69, 9.17) is 0 Å². The predicted molar refractivity (Wildman–Crippen MR) is 104 cm³/mol. The van der Waals surface area contributed by atoms with Crippen LogP contribution in [-0.2, 0) is 4.79 Å². The Labute approximate surface area is 165 Å². The molecule has 0 aromatic carbocycles. The summed E-state index contributed by atoms with van der Waals surface area (Å²) in [6.07, 6.45) is 10.1. The Hall–Kier alpha value is -1.99. The minimum Gasteiger partial charge on any atom is -0.336 e. The number of carbonyl (C=O) groups is 2. The molecule has 28 heavy (non-hydrogen) atoms. The molecule has 7 heteroatoms. The smallest absolute Gasteiger partial charge is 0.255 e. The van der Waals surface area contributed by atoms with Crippen LogP contribution in [0.5, 0.6) is 0 Å². The lowest BCUT2D eigenvalue weighted by atomic mass is 9.81. The molecule has 0 spiro atoms. The van der Waals surface area contributed by atoms with E-state index in [1.165, 1.54) is 12.8 Å².